The van der Waals surface area contributed by atoms with E-state index in [9.17, 15) is 8.42 Å². The van der Waals surface area contributed by atoms with Crippen LogP contribution in [0.15, 0.2) is 29.2 Å². The first-order valence-corrected chi connectivity index (χ1v) is 8.71. The van der Waals surface area contributed by atoms with E-state index in [-0.39, 0.29) is 10.9 Å². The summed E-state index contributed by atoms with van der Waals surface area (Å²) in [6.07, 6.45) is 5.06. The molecule has 1 aliphatic rings. The van der Waals surface area contributed by atoms with Crippen LogP contribution in [0.1, 0.15) is 19.3 Å². The monoisotopic (exact) mass is 286 g/mol. The normalized spacial score (nSPS) is 24.3. The van der Waals surface area contributed by atoms with Crippen molar-refractivity contribution < 1.29 is 8.42 Å². The number of benzene rings is 1. The molecule has 0 aliphatic heterocycles. The van der Waals surface area contributed by atoms with E-state index >= 15 is 0 Å². The molecule has 100 valence electrons. The van der Waals surface area contributed by atoms with Crippen LogP contribution in [0.25, 0.3) is 0 Å². The fourth-order valence-corrected chi connectivity index (χ4v) is 4.80. The van der Waals surface area contributed by atoms with E-state index in [1.807, 2.05) is 6.26 Å². The third kappa shape index (κ3) is 2.81. The zero-order valence-corrected chi connectivity index (χ0v) is 11.9. The first-order chi connectivity index (χ1) is 8.54. The topological polar surface area (TPSA) is 72.2 Å². The number of hydrogen-bond acceptors (Lipinski definition) is 4. The van der Waals surface area contributed by atoms with Gasteiger partial charge in [-0.15, -0.1) is 0 Å². The number of para-hydroxylation sites is 1. The van der Waals surface area contributed by atoms with Crippen LogP contribution >= 0.6 is 11.8 Å². The highest BCUT2D eigenvalue weighted by molar-refractivity contribution is 7.99. The second-order valence-electron chi connectivity index (χ2n) is 4.47. The van der Waals surface area contributed by atoms with Gasteiger partial charge in [-0.2, -0.15) is 11.8 Å². The zero-order chi connectivity index (χ0) is 13.2. The molecule has 0 bridgehead atoms. The highest BCUT2D eigenvalue weighted by atomic mass is 32.2. The van der Waals surface area contributed by atoms with E-state index in [1.165, 1.54) is 0 Å². The molecule has 2 unspecified atom stereocenters. The van der Waals surface area contributed by atoms with Gasteiger partial charge < -0.3 is 5.73 Å². The molecule has 1 aromatic rings. The fraction of sp³-hybridized carbons (Fsp3) is 0.500. The maximum atomic E-state index is 12.3. The van der Waals surface area contributed by atoms with Crippen LogP contribution in [0.4, 0.5) is 5.69 Å². The first-order valence-electron chi connectivity index (χ1n) is 5.94. The fourth-order valence-electron chi connectivity index (χ4n) is 2.33. The Hall–Kier alpha value is -0.720. The molecule has 1 aromatic carbocycles. The van der Waals surface area contributed by atoms with Gasteiger partial charge in [0.2, 0.25) is 10.0 Å². The van der Waals surface area contributed by atoms with Crippen molar-refractivity contribution in [3.05, 3.63) is 24.3 Å². The Morgan fingerprint density at radius 3 is 2.72 bits per heavy atom. The summed E-state index contributed by atoms with van der Waals surface area (Å²) in [5, 5.41) is 0.365. The molecule has 1 saturated carbocycles. The molecule has 0 aromatic heterocycles. The van der Waals surface area contributed by atoms with Gasteiger partial charge in [-0.25, -0.2) is 13.1 Å². The predicted octanol–water partition coefficient (Wildman–Crippen LogP) is 1.83. The number of nitrogens with two attached hydrogens (primary N) is 1. The summed E-state index contributed by atoms with van der Waals surface area (Å²) in [6.45, 7) is 0. The molecule has 2 atom stereocenters. The van der Waals surface area contributed by atoms with Gasteiger partial charge in [-0.3, -0.25) is 0 Å². The highest BCUT2D eigenvalue weighted by Gasteiger charge is 2.31. The Bertz CT molecular complexity index is 517. The van der Waals surface area contributed by atoms with Crippen molar-refractivity contribution in [2.45, 2.75) is 35.4 Å². The van der Waals surface area contributed by atoms with Crippen LogP contribution in [0.2, 0.25) is 0 Å². The average Bonchev–Trinajstić information content (AvgIpc) is 2.76. The lowest BCUT2D eigenvalue weighted by molar-refractivity contribution is 0.555. The molecular formula is C12H18N2O2S2. The standard InChI is InChI=1S/C12H18N2O2S2/c1-17-11-7-4-6-10(11)14-18(15,16)12-8-3-2-5-9(12)13/h2-3,5,8,10-11,14H,4,6-7,13H2,1H3. The van der Waals surface area contributed by atoms with Gasteiger partial charge in [0.25, 0.3) is 0 Å². The molecule has 0 amide bonds. The number of nitrogen functional groups attached to an aromatic ring is 1. The number of nitrogens with one attached hydrogen (secondary N) is 1. The smallest absolute Gasteiger partial charge is 0.242 e. The van der Waals surface area contributed by atoms with Crippen LogP contribution in [-0.2, 0) is 10.0 Å². The van der Waals surface area contributed by atoms with E-state index in [4.69, 9.17) is 5.73 Å². The Labute approximate surface area is 112 Å². The number of rotatable bonds is 4. The molecule has 3 N–H and O–H groups in total. The summed E-state index contributed by atoms with van der Waals surface area (Å²) >= 11 is 1.72. The molecule has 0 radical (unpaired) electrons. The molecule has 2 rings (SSSR count). The minimum Gasteiger partial charge on any atom is -0.398 e. The van der Waals surface area contributed by atoms with Gasteiger partial charge in [0.15, 0.2) is 0 Å². The zero-order valence-electron chi connectivity index (χ0n) is 10.3. The summed E-state index contributed by atoms with van der Waals surface area (Å²) in [5.74, 6) is 0. The second kappa shape index (κ2) is 5.50. The van der Waals surface area contributed by atoms with Crippen molar-refractivity contribution in [3.63, 3.8) is 0 Å². The maximum Gasteiger partial charge on any atom is 0.242 e. The second-order valence-corrected chi connectivity index (χ2v) is 7.23. The van der Waals surface area contributed by atoms with Gasteiger partial charge in [-0.05, 0) is 31.2 Å². The van der Waals surface area contributed by atoms with Crippen molar-refractivity contribution in [2.75, 3.05) is 12.0 Å². The summed E-state index contributed by atoms with van der Waals surface area (Å²) in [7, 11) is -3.51. The van der Waals surface area contributed by atoms with Crippen molar-refractivity contribution in [3.8, 4) is 0 Å². The summed E-state index contributed by atoms with van der Waals surface area (Å²) < 4.78 is 27.3. The van der Waals surface area contributed by atoms with Crippen LogP contribution in [-0.4, -0.2) is 26.0 Å². The lowest BCUT2D eigenvalue weighted by atomic mass is 10.3. The lowest BCUT2D eigenvalue weighted by Gasteiger charge is -2.19. The molecule has 0 heterocycles. The Kier molecular flexibility index (Phi) is 4.19. The predicted molar refractivity (Wildman–Crippen MR) is 76.1 cm³/mol. The van der Waals surface area contributed by atoms with Crippen molar-refractivity contribution in [1.29, 1.82) is 0 Å². The van der Waals surface area contributed by atoms with Crippen molar-refractivity contribution in [2.24, 2.45) is 0 Å². The van der Waals surface area contributed by atoms with Gasteiger partial charge in [0.1, 0.15) is 4.90 Å². The van der Waals surface area contributed by atoms with E-state index in [0.29, 0.717) is 10.9 Å². The number of anilines is 1. The maximum absolute atomic E-state index is 12.3. The van der Waals surface area contributed by atoms with E-state index in [2.05, 4.69) is 4.72 Å². The van der Waals surface area contributed by atoms with E-state index in [1.54, 1.807) is 36.0 Å². The van der Waals surface area contributed by atoms with Crippen LogP contribution < -0.4 is 10.5 Å². The van der Waals surface area contributed by atoms with Gasteiger partial charge >= 0.3 is 0 Å². The summed E-state index contributed by atoms with van der Waals surface area (Å²) in [5.41, 5.74) is 6.02. The largest absolute Gasteiger partial charge is 0.398 e. The van der Waals surface area contributed by atoms with Gasteiger partial charge in [0.05, 0.1) is 5.69 Å². The van der Waals surface area contributed by atoms with Crippen LogP contribution in [0.3, 0.4) is 0 Å². The number of thioether (sulfide) groups is 1. The molecular weight excluding hydrogens is 268 g/mol. The molecule has 0 spiro atoms. The average molecular weight is 286 g/mol. The molecule has 4 nitrogen and oxygen atoms in total. The Balaban J connectivity index is 2.20. The SMILES string of the molecule is CSC1CCCC1NS(=O)(=O)c1ccccc1N. The number of hydrogen-bond donors (Lipinski definition) is 2. The molecule has 6 heteroatoms. The van der Waals surface area contributed by atoms with Crippen LogP contribution in [0.5, 0.6) is 0 Å². The highest BCUT2D eigenvalue weighted by Crippen LogP contribution is 2.30. The third-order valence-corrected chi connectivity index (χ3v) is 6.00. The van der Waals surface area contributed by atoms with E-state index in [0.717, 1.165) is 19.3 Å². The Morgan fingerprint density at radius 1 is 1.33 bits per heavy atom. The minimum atomic E-state index is -3.51. The van der Waals surface area contributed by atoms with Gasteiger partial charge in [-0.1, -0.05) is 18.6 Å². The first kappa shape index (κ1) is 13.7. The number of sulfonamides is 1. The van der Waals surface area contributed by atoms with Gasteiger partial charge in [0, 0.05) is 11.3 Å². The summed E-state index contributed by atoms with van der Waals surface area (Å²) in [6, 6.07) is 6.58. The quantitative estimate of drug-likeness (QED) is 0.828. The van der Waals surface area contributed by atoms with Crippen LogP contribution in [0, 0.1) is 0 Å². The summed E-state index contributed by atoms with van der Waals surface area (Å²) in [4.78, 5) is 0.178. The lowest BCUT2D eigenvalue weighted by Crippen LogP contribution is -2.38. The Morgan fingerprint density at radius 2 is 2.06 bits per heavy atom. The molecule has 0 saturated heterocycles. The molecule has 1 fully saturated rings. The van der Waals surface area contributed by atoms with Crippen molar-refractivity contribution in [1.82, 2.24) is 4.72 Å². The minimum absolute atomic E-state index is 0.0182. The van der Waals surface area contributed by atoms with E-state index < -0.39 is 10.0 Å². The molecule has 18 heavy (non-hydrogen) atoms. The van der Waals surface area contributed by atoms with Crippen molar-refractivity contribution >= 4 is 27.5 Å². The third-order valence-electron chi connectivity index (χ3n) is 3.27. The molecule has 1 aliphatic carbocycles.